The zero-order valence-corrected chi connectivity index (χ0v) is 14.9. The first-order valence-corrected chi connectivity index (χ1v) is 9.11. The quantitative estimate of drug-likeness (QED) is 0.906. The molecule has 2 heterocycles. The molecule has 5 nitrogen and oxygen atoms in total. The summed E-state index contributed by atoms with van der Waals surface area (Å²) in [6.45, 7) is 3.11. The average Bonchev–Trinajstić information content (AvgIpc) is 2.97. The Morgan fingerprint density at radius 1 is 1.36 bits per heavy atom. The summed E-state index contributed by atoms with van der Waals surface area (Å²) >= 11 is 0. The molecule has 0 radical (unpaired) electrons. The highest BCUT2D eigenvalue weighted by Gasteiger charge is 2.44. The standard InChI is InChI=1S/C20H25NO4/c1-13-15-7-5-8-16(24-2)18(15)25-17(13)19(22)21-11-10-20(23)9-4-3-6-14(20)12-21/h5,7-8,14,23H,3-4,6,9-12H2,1-2H3. The highest BCUT2D eigenvalue weighted by atomic mass is 16.5. The number of rotatable bonds is 2. The third-order valence-corrected chi connectivity index (χ3v) is 6.06. The number of likely N-dealkylation sites (tertiary alicyclic amines) is 1. The molecule has 4 rings (SSSR count). The third kappa shape index (κ3) is 2.61. The van der Waals surface area contributed by atoms with Gasteiger partial charge in [-0.3, -0.25) is 4.79 Å². The molecule has 2 unspecified atom stereocenters. The van der Waals surface area contributed by atoms with E-state index in [1.165, 1.54) is 0 Å². The number of fused-ring (bicyclic) bond motifs is 2. The number of carbonyl (C=O) groups is 1. The fraction of sp³-hybridized carbons (Fsp3) is 0.550. The van der Waals surface area contributed by atoms with Gasteiger partial charge in [0.2, 0.25) is 0 Å². The molecule has 2 atom stereocenters. The number of para-hydroxylation sites is 1. The van der Waals surface area contributed by atoms with Gasteiger partial charge in [0.15, 0.2) is 17.1 Å². The van der Waals surface area contributed by atoms with Crippen molar-refractivity contribution in [3.63, 3.8) is 0 Å². The van der Waals surface area contributed by atoms with Crippen LogP contribution >= 0.6 is 0 Å². The van der Waals surface area contributed by atoms with Crippen LogP contribution in [-0.4, -0.2) is 41.7 Å². The Morgan fingerprint density at radius 2 is 2.20 bits per heavy atom. The van der Waals surface area contributed by atoms with Crippen LogP contribution in [-0.2, 0) is 0 Å². The molecule has 2 aromatic rings. The van der Waals surface area contributed by atoms with Gasteiger partial charge in [-0.05, 0) is 32.3 Å². The van der Waals surface area contributed by atoms with E-state index >= 15 is 0 Å². The highest BCUT2D eigenvalue weighted by molar-refractivity contribution is 6.00. The Kier molecular flexibility index (Phi) is 3.99. The molecule has 1 aromatic heterocycles. The Labute approximate surface area is 147 Å². The summed E-state index contributed by atoms with van der Waals surface area (Å²) < 4.78 is 11.3. The van der Waals surface area contributed by atoms with Crippen LogP contribution in [0, 0.1) is 12.8 Å². The summed E-state index contributed by atoms with van der Waals surface area (Å²) in [4.78, 5) is 14.9. The van der Waals surface area contributed by atoms with Crippen LogP contribution in [0.5, 0.6) is 5.75 Å². The van der Waals surface area contributed by atoms with E-state index < -0.39 is 5.60 Å². The number of carbonyl (C=O) groups excluding carboxylic acids is 1. The number of hydrogen-bond donors (Lipinski definition) is 1. The van der Waals surface area contributed by atoms with Crippen molar-refractivity contribution in [3.8, 4) is 5.75 Å². The number of nitrogens with zero attached hydrogens (tertiary/aromatic N) is 1. The van der Waals surface area contributed by atoms with Gasteiger partial charge in [0, 0.05) is 30.0 Å². The van der Waals surface area contributed by atoms with E-state index in [1.54, 1.807) is 7.11 Å². The molecule has 1 saturated heterocycles. The maximum absolute atomic E-state index is 13.1. The average molecular weight is 343 g/mol. The Morgan fingerprint density at radius 3 is 3.00 bits per heavy atom. The molecule has 134 valence electrons. The molecule has 2 fully saturated rings. The summed E-state index contributed by atoms with van der Waals surface area (Å²) in [7, 11) is 1.60. The minimum Gasteiger partial charge on any atom is -0.493 e. The van der Waals surface area contributed by atoms with Crippen LogP contribution in [0.15, 0.2) is 22.6 Å². The normalized spacial score (nSPS) is 26.5. The van der Waals surface area contributed by atoms with Crippen LogP contribution in [0.3, 0.4) is 0 Å². The zero-order valence-electron chi connectivity index (χ0n) is 14.9. The largest absolute Gasteiger partial charge is 0.493 e. The monoisotopic (exact) mass is 343 g/mol. The van der Waals surface area contributed by atoms with Crippen molar-refractivity contribution in [2.45, 2.75) is 44.6 Å². The second-order valence-corrected chi connectivity index (χ2v) is 7.44. The predicted molar refractivity (Wildman–Crippen MR) is 94.9 cm³/mol. The van der Waals surface area contributed by atoms with E-state index in [0.29, 0.717) is 36.6 Å². The number of furan rings is 1. The maximum Gasteiger partial charge on any atom is 0.289 e. The minimum absolute atomic E-state index is 0.0802. The number of aryl methyl sites for hydroxylation is 1. The molecule has 1 aliphatic carbocycles. The summed E-state index contributed by atoms with van der Waals surface area (Å²) in [5, 5.41) is 11.7. The Hall–Kier alpha value is -2.01. The molecule has 1 saturated carbocycles. The summed E-state index contributed by atoms with van der Waals surface area (Å²) in [5.74, 6) is 1.13. The Balaban J connectivity index is 1.63. The molecule has 5 heteroatoms. The highest BCUT2D eigenvalue weighted by Crippen LogP contribution is 2.40. The number of hydrogen-bond acceptors (Lipinski definition) is 4. The van der Waals surface area contributed by atoms with Crippen molar-refractivity contribution < 1.29 is 19.1 Å². The fourth-order valence-electron chi connectivity index (χ4n) is 4.48. The van der Waals surface area contributed by atoms with E-state index in [2.05, 4.69) is 0 Å². The predicted octanol–water partition coefficient (Wildman–Crippen LogP) is 3.52. The lowest BCUT2D eigenvalue weighted by Gasteiger charge is -2.47. The van der Waals surface area contributed by atoms with Crippen LogP contribution < -0.4 is 4.74 Å². The van der Waals surface area contributed by atoms with Crippen LogP contribution in [0.25, 0.3) is 11.0 Å². The molecule has 1 aliphatic heterocycles. The van der Waals surface area contributed by atoms with Crippen molar-refractivity contribution in [2.75, 3.05) is 20.2 Å². The molecular weight excluding hydrogens is 318 g/mol. The molecule has 1 aromatic carbocycles. The smallest absolute Gasteiger partial charge is 0.289 e. The van der Waals surface area contributed by atoms with Crippen molar-refractivity contribution in [3.05, 3.63) is 29.5 Å². The summed E-state index contributed by atoms with van der Waals surface area (Å²) in [6, 6.07) is 5.69. The van der Waals surface area contributed by atoms with Crippen LogP contribution in [0.2, 0.25) is 0 Å². The zero-order chi connectivity index (χ0) is 17.6. The number of ether oxygens (including phenoxy) is 1. The molecule has 2 aliphatic rings. The van der Waals surface area contributed by atoms with Crippen LogP contribution in [0.4, 0.5) is 0 Å². The second kappa shape index (κ2) is 6.06. The van der Waals surface area contributed by atoms with Crippen molar-refractivity contribution >= 4 is 16.9 Å². The first-order valence-electron chi connectivity index (χ1n) is 9.11. The summed E-state index contributed by atoms with van der Waals surface area (Å²) in [5.41, 5.74) is 0.890. The van der Waals surface area contributed by atoms with Crippen molar-refractivity contribution in [1.82, 2.24) is 4.90 Å². The lowest BCUT2D eigenvalue weighted by Crippen LogP contribution is -2.54. The van der Waals surface area contributed by atoms with Crippen molar-refractivity contribution in [2.24, 2.45) is 5.92 Å². The molecule has 1 N–H and O–H groups in total. The second-order valence-electron chi connectivity index (χ2n) is 7.44. The lowest BCUT2D eigenvalue weighted by atomic mass is 9.71. The van der Waals surface area contributed by atoms with Gasteiger partial charge in [-0.1, -0.05) is 25.0 Å². The number of aliphatic hydroxyl groups is 1. The van der Waals surface area contributed by atoms with Crippen LogP contribution in [0.1, 0.15) is 48.2 Å². The fourth-order valence-corrected chi connectivity index (χ4v) is 4.48. The first-order chi connectivity index (χ1) is 12.0. The van der Waals surface area contributed by atoms with Gasteiger partial charge in [-0.2, -0.15) is 0 Å². The van der Waals surface area contributed by atoms with E-state index in [4.69, 9.17) is 9.15 Å². The SMILES string of the molecule is COc1cccc2c(C)c(C(=O)N3CCC4(O)CCCCC4C3)oc12. The van der Waals surface area contributed by atoms with E-state index in [0.717, 1.165) is 36.6 Å². The van der Waals surface area contributed by atoms with E-state index in [-0.39, 0.29) is 11.8 Å². The maximum atomic E-state index is 13.1. The number of piperidine rings is 1. The number of amides is 1. The van der Waals surface area contributed by atoms with Crippen molar-refractivity contribution in [1.29, 1.82) is 0 Å². The van der Waals surface area contributed by atoms with Gasteiger partial charge in [0.25, 0.3) is 5.91 Å². The van der Waals surface area contributed by atoms with Gasteiger partial charge in [-0.15, -0.1) is 0 Å². The molecule has 1 amide bonds. The number of benzene rings is 1. The van der Waals surface area contributed by atoms with E-state index in [9.17, 15) is 9.90 Å². The van der Waals surface area contributed by atoms with Gasteiger partial charge in [0.1, 0.15) is 0 Å². The lowest BCUT2D eigenvalue weighted by molar-refractivity contribution is -0.0889. The molecule has 0 bridgehead atoms. The first kappa shape index (κ1) is 16.5. The van der Waals surface area contributed by atoms with Gasteiger partial charge < -0.3 is 19.2 Å². The molecule has 0 spiro atoms. The summed E-state index contributed by atoms with van der Waals surface area (Å²) in [6.07, 6.45) is 4.74. The topological polar surface area (TPSA) is 62.9 Å². The minimum atomic E-state index is -0.582. The molecular formula is C20H25NO4. The number of methoxy groups -OCH3 is 1. The van der Waals surface area contributed by atoms with Gasteiger partial charge >= 0.3 is 0 Å². The molecule has 25 heavy (non-hydrogen) atoms. The Bertz CT molecular complexity index is 811. The van der Waals surface area contributed by atoms with E-state index in [1.807, 2.05) is 30.0 Å². The van der Waals surface area contributed by atoms with Gasteiger partial charge in [-0.25, -0.2) is 0 Å². The third-order valence-electron chi connectivity index (χ3n) is 6.06. The van der Waals surface area contributed by atoms with Gasteiger partial charge in [0.05, 0.1) is 12.7 Å².